The first-order valence-corrected chi connectivity index (χ1v) is 35.5. The number of ether oxygens (including phenoxy) is 2. The Morgan fingerprint density at radius 3 is 1.13 bits per heavy atom. The molecule has 0 saturated carbocycles. The van der Waals surface area contributed by atoms with Gasteiger partial charge in [0.05, 0.1) is 51.0 Å². The summed E-state index contributed by atoms with van der Waals surface area (Å²) < 4.78 is 118. The number of ketones is 2. The van der Waals surface area contributed by atoms with Crippen molar-refractivity contribution in [2.24, 2.45) is 0 Å². The number of carbonyl (C=O) groups excluding carboxylic acids is 4. The third-order valence-corrected chi connectivity index (χ3v) is 15.2. The van der Waals surface area contributed by atoms with Crippen molar-refractivity contribution in [1.29, 1.82) is 0 Å². The van der Waals surface area contributed by atoms with Gasteiger partial charge >= 0.3 is 0 Å². The number of Topliss-reactive ketones (excluding diaryl/α,β-unsaturated/α-hetero) is 2. The van der Waals surface area contributed by atoms with Gasteiger partial charge in [-0.1, -0.05) is 120 Å². The van der Waals surface area contributed by atoms with E-state index in [2.05, 4.69) is 82.5 Å². The second kappa shape index (κ2) is 58.9. The number of carbonyl (C=O) groups is 4. The van der Waals surface area contributed by atoms with E-state index in [0.717, 1.165) is 37.2 Å². The number of benzene rings is 6. The average molecular weight is 1860 g/mol. The molecule has 0 aliphatic rings. The Hall–Kier alpha value is -3.16. The van der Waals surface area contributed by atoms with Gasteiger partial charge in [-0.05, 0) is 104 Å². The molecule has 0 aliphatic carbocycles. The summed E-state index contributed by atoms with van der Waals surface area (Å²) in [6, 6.07) is 37.1. The van der Waals surface area contributed by atoms with E-state index in [0.29, 0.717) is 95.4 Å². The molecule has 4 radical (unpaired) electrons. The fourth-order valence-corrected chi connectivity index (χ4v) is 10.5. The van der Waals surface area contributed by atoms with Crippen molar-refractivity contribution in [3.05, 3.63) is 230 Å². The first-order chi connectivity index (χ1) is 46.0. The van der Waals surface area contributed by atoms with Gasteiger partial charge in [0.2, 0.25) is 10.2 Å². The van der Waals surface area contributed by atoms with Crippen LogP contribution in [0.5, 0.6) is 23.0 Å². The molecule has 0 spiro atoms. The number of unbranched alkanes of at least 4 members (excludes halogenated alkanes) is 2. The third-order valence-electron chi connectivity index (χ3n) is 12.5. The number of thiol groups is 2. The summed E-state index contributed by atoms with van der Waals surface area (Å²) in [6.07, 6.45) is 9.22. The van der Waals surface area contributed by atoms with Crippen LogP contribution in [0.15, 0.2) is 155 Å². The van der Waals surface area contributed by atoms with Crippen LogP contribution in [0.25, 0.3) is 0 Å². The number of halogens is 2. The molecule has 34 heteroatoms. The number of para-hydroxylation sites is 2. The first kappa shape index (κ1) is 105. The summed E-state index contributed by atoms with van der Waals surface area (Å²) in [5.74, 6) is 2.45. The van der Waals surface area contributed by atoms with Gasteiger partial charge in [0.1, 0.15) is 23.0 Å². The topological polar surface area (TPSA) is 346 Å². The largest absolute Gasteiger partial charge is 0.755 e. The first-order valence-electron chi connectivity index (χ1n) is 29.6. The fraction of sp³-hybridized carbons (Fsp3) is 0.235. The van der Waals surface area contributed by atoms with Crippen LogP contribution >= 0.6 is 48.5 Å². The van der Waals surface area contributed by atoms with Crippen molar-refractivity contribution in [2.75, 3.05) is 42.6 Å². The van der Waals surface area contributed by atoms with E-state index in [1.165, 1.54) is 24.3 Å². The van der Waals surface area contributed by atoms with Gasteiger partial charge in [-0.2, -0.15) is 13.8 Å². The predicted octanol–water partition coefficient (Wildman–Crippen LogP) is 16.8. The van der Waals surface area contributed by atoms with Crippen molar-refractivity contribution in [2.45, 2.75) is 92.9 Å². The van der Waals surface area contributed by atoms with Gasteiger partial charge in [0.25, 0.3) is 0 Å². The minimum atomic E-state index is -2.57. The summed E-state index contributed by atoms with van der Waals surface area (Å²) in [7, 11) is 0. The summed E-state index contributed by atoms with van der Waals surface area (Å²) in [5.41, 5.74) is 4.23. The van der Waals surface area contributed by atoms with Gasteiger partial charge in [-0.25, -0.2) is 0 Å². The van der Waals surface area contributed by atoms with E-state index in [-0.39, 0.29) is 190 Å². The Morgan fingerprint density at radius 1 is 0.461 bits per heavy atom. The average Bonchev–Trinajstić information content (AvgIpc) is 0.942. The number of hydrogen-bond acceptors (Lipinski definition) is 18. The van der Waals surface area contributed by atoms with Crippen molar-refractivity contribution in [3.63, 3.8) is 0 Å². The van der Waals surface area contributed by atoms with E-state index < -0.39 is 66.9 Å². The van der Waals surface area contributed by atoms with Crippen molar-refractivity contribution in [1.82, 2.24) is 0 Å². The number of nitrogens with one attached hydrogen (secondary N) is 6. The van der Waals surface area contributed by atoms with Crippen LogP contribution in [0.3, 0.4) is 0 Å². The maximum Gasteiger partial charge on any atom is 0.216 e. The normalized spacial score (nSPS) is 10.8. The van der Waals surface area contributed by atoms with Crippen molar-refractivity contribution in [3.8, 4) is 23.0 Å². The summed E-state index contributed by atoms with van der Waals surface area (Å²) in [6.45, 7) is 20.2. The molecule has 548 valence electrons. The molecule has 8 aromatic rings. The molecule has 22 nitrogen and oxygen atoms in total. The van der Waals surface area contributed by atoms with Crippen LogP contribution in [0.1, 0.15) is 131 Å². The van der Waals surface area contributed by atoms with Crippen LogP contribution < -0.4 is 39.0 Å². The Bertz CT molecular complexity index is 3620. The van der Waals surface area contributed by atoms with Crippen LogP contribution in [0.4, 0.5) is 34.1 Å². The van der Waals surface area contributed by atoms with E-state index in [1.54, 1.807) is 73.2 Å². The van der Waals surface area contributed by atoms with E-state index in [4.69, 9.17) is 41.5 Å². The molecule has 0 amide bonds. The standard InChI is InChI=1S/C18H21N2O4S.C17H20N2O4S2.C14H13ClNO4S.C13H12ClNO4S2.2C2H6.2CH3.4Y/c1-3-4-10-19-16-11-14(13(2)21)12-17(20-25(22)23)18(16)24-15-8-6-5-7-9-15;1-2-3-9-18-14-10-12(17(20)24)11-15(19-25(21)22)16(14)23-13-7-5-4-6-8-13;1-9(17)12-8-14(16-21(18)19)13(15)7-10(12)4-5-11-3-2-6-20-11;14-11-6-8(3-4-9-2-1-5-19-9)10(13(16)20)7-12(11)15-21(17)18;2*1-2;;;;;;/h5-9,11-12,19-20H,2-4,10H2,1H3,(H,22,23);4-8,10-11,18-19H,2-3,9H2,1H3,(H,20,24)(H,21,22);2-3,6-8,16H,1,4-5H2,(H,18,19);1-2,5-7,15H,3-4H2,(H,16,20)(H,17,18);2*1-2H3;2*1H3;;;;/q-1;;-1;;;;2*-1;;;;/p-4. The van der Waals surface area contributed by atoms with Gasteiger partial charge < -0.3 is 90.5 Å². The second-order valence-electron chi connectivity index (χ2n) is 19.1. The fourth-order valence-electron chi connectivity index (χ4n) is 8.23. The van der Waals surface area contributed by atoms with Crippen molar-refractivity contribution >= 4 is 149 Å². The van der Waals surface area contributed by atoms with E-state index in [9.17, 15) is 54.2 Å². The Morgan fingerprint density at radius 2 is 0.804 bits per heavy atom. The molecule has 6 aromatic carbocycles. The van der Waals surface area contributed by atoms with Crippen LogP contribution in [-0.4, -0.2) is 69.9 Å². The summed E-state index contributed by atoms with van der Waals surface area (Å²) >= 11 is 9.51. The summed E-state index contributed by atoms with van der Waals surface area (Å²) in [5, 5.41) is 5.90. The van der Waals surface area contributed by atoms with Gasteiger partial charge in [0, 0.05) is 230 Å². The SMILES string of the molecule is CC.CC.CCCCNc1cc(C(=O)S)cc(NS(=O)[O-])c1Oc1ccccc1.O=C(S)c1cc(NS(=O)[O-])c(Cl)cc1CCc1ccco1.[CH2-]C(=O)c1cc(NCCCC)c(Oc2ccccc2)c(NS(=O)[O-])c1.[CH2-]C(=O)c1cc(NS(=O)[O-])c(Cl)cc1CCc1ccco1.[CH3-].[CH3-].[Y].[Y].[Y].[Y]. The van der Waals surface area contributed by atoms with Crippen LogP contribution in [0, 0.1) is 28.7 Å². The maximum absolute atomic E-state index is 11.7. The number of anilines is 6. The molecule has 0 aliphatic heterocycles. The molecule has 2 aromatic heterocycles. The number of rotatable bonds is 30. The van der Waals surface area contributed by atoms with Crippen LogP contribution in [0.2, 0.25) is 10.0 Å². The molecule has 4 atom stereocenters. The molecule has 4 unspecified atom stereocenters. The zero-order valence-corrected chi connectivity index (χ0v) is 75.4. The second-order valence-corrected chi connectivity index (χ2v) is 23.5. The van der Waals surface area contributed by atoms with Gasteiger partial charge in [-0.15, -0.1) is 60.1 Å². The van der Waals surface area contributed by atoms with Crippen molar-refractivity contribution < 1.29 is 203 Å². The molecule has 2 heterocycles. The molecule has 6 N–H and O–H groups in total. The Kier molecular flexibility index (Phi) is 60.7. The van der Waals surface area contributed by atoms with E-state index in [1.807, 2.05) is 76.2 Å². The molecule has 8 rings (SSSR count). The number of aryl methyl sites for hydroxylation is 4. The minimum Gasteiger partial charge on any atom is -0.755 e. The Labute approximate surface area is 731 Å². The zero-order valence-electron chi connectivity index (χ0n) is 57.5. The molecular formula is C68H80Cl2N6O16S6Y4-8. The molecule has 0 saturated heterocycles. The maximum atomic E-state index is 11.7. The van der Waals surface area contributed by atoms with Gasteiger partial charge in [0.15, 0.2) is 11.5 Å². The number of furan rings is 2. The molecule has 0 fully saturated rings. The molecule has 102 heavy (non-hydrogen) atoms. The third kappa shape index (κ3) is 39.1. The summed E-state index contributed by atoms with van der Waals surface area (Å²) in [4.78, 5) is 46.5. The monoisotopic (exact) mass is 1850 g/mol. The smallest absolute Gasteiger partial charge is 0.216 e. The Balaban J connectivity index is -0.000000607. The minimum absolute atomic E-state index is 0. The number of hydrogen-bond donors (Lipinski definition) is 8. The van der Waals surface area contributed by atoms with E-state index >= 15 is 0 Å². The van der Waals surface area contributed by atoms with Gasteiger partial charge in [-0.3, -0.25) is 26.4 Å². The quantitative estimate of drug-likeness (QED) is 0.00681. The zero-order chi connectivity index (χ0) is 71.3. The molecule has 0 bridgehead atoms. The molecular weight excluding hydrogens is 1780 g/mol. The predicted molar refractivity (Wildman–Crippen MR) is 400 cm³/mol. The van der Waals surface area contributed by atoms with Crippen LogP contribution in [-0.2, 0) is 202 Å².